The van der Waals surface area contributed by atoms with Crippen molar-refractivity contribution < 1.29 is 18.7 Å². The Labute approximate surface area is 217 Å². The summed E-state index contributed by atoms with van der Waals surface area (Å²) in [6.45, 7) is 16.1. The molecule has 1 unspecified atom stereocenters. The summed E-state index contributed by atoms with van der Waals surface area (Å²) in [4.78, 5) is 12.2. The van der Waals surface area contributed by atoms with Crippen molar-refractivity contribution in [1.29, 1.82) is 0 Å². The Morgan fingerprint density at radius 2 is 1.49 bits per heavy atom. The maximum atomic E-state index is 12.2. The Morgan fingerprint density at radius 3 is 2.11 bits per heavy atom. The lowest BCUT2D eigenvalue weighted by Gasteiger charge is -2.36. The van der Waals surface area contributed by atoms with Gasteiger partial charge in [-0.05, 0) is 48.9 Å². The van der Waals surface area contributed by atoms with Crippen molar-refractivity contribution >= 4 is 14.3 Å². The van der Waals surface area contributed by atoms with Crippen LogP contribution in [0.1, 0.15) is 104 Å². The average Bonchev–Trinajstić information content (AvgIpc) is 2.80. The van der Waals surface area contributed by atoms with E-state index in [1.165, 1.54) is 44.1 Å². The Balaban J connectivity index is 2.34. The topological polar surface area (TPSA) is 44.8 Å². The average molecular weight is 507 g/mol. The number of carbonyl (C=O) groups is 1. The summed E-state index contributed by atoms with van der Waals surface area (Å²) >= 11 is 0. The van der Waals surface area contributed by atoms with Crippen molar-refractivity contribution in [3.8, 4) is 0 Å². The lowest BCUT2D eigenvalue weighted by Crippen LogP contribution is -2.41. The van der Waals surface area contributed by atoms with E-state index in [-0.39, 0.29) is 11.0 Å². The van der Waals surface area contributed by atoms with E-state index in [1.54, 1.807) is 0 Å². The summed E-state index contributed by atoms with van der Waals surface area (Å²) in [7, 11) is -1.76. The summed E-state index contributed by atoms with van der Waals surface area (Å²) < 4.78 is 18.0. The Kier molecular flexibility index (Phi) is 16.5. The summed E-state index contributed by atoms with van der Waals surface area (Å²) in [5.74, 6) is 0.261. The van der Waals surface area contributed by atoms with Gasteiger partial charge in [-0.25, -0.2) is 0 Å². The molecule has 0 saturated carbocycles. The minimum Gasteiger partial charge on any atom is -0.466 e. The summed E-state index contributed by atoms with van der Waals surface area (Å²) in [5, 5.41) is 0.206. The van der Waals surface area contributed by atoms with E-state index in [4.69, 9.17) is 13.9 Å². The van der Waals surface area contributed by atoms with Gasteiger partial charge in [0, 0.05) is 13.0 Å². The highest BCUT2D eigenvalue weighted by Crippen LogP contribution is 2.36. The number of hydrogen-bond donors (Lipinski definition) is 0. The molecular formula is C30H54O4Si. The van der Waals surface area contributed by atoms with Gasteiger partial charge in [-0.1, -0.05) is 103 Å². The van der Waals surface area contributed by atoms with Crippen LogP contribution < -0.4 is 0 Å². The first-order valence-electron chi connectivity index (χ1n) is 14.1. The zero-order valence-electron chi connectivity index (χ0n) is 23.7. The van der Waals surface area contributed by atoms with Gasteiger partial charge in [0.05, 0.1) is 19.8 Å². The normalized spacial score (nSPS) is 13.1. The molecule has 1 rings (SSSR count). The van der Waals surface area contributed by atoms with Crippen LogP contribution in [0.4, 0.5) is 0 Å². The molecule has 0 saturated heterocycles. The van der Waals surface area contributed by atoms with E-state index in [0.717, 1.165) is 32.3 Å². The summed E-state index contributed by atoms with van der Waals surface area (Å²) in [5.41, 5.74) is 1.18. The van der Waals surface area contributed by atoms with Crippen molar-refractivity contribution in [2.75, 3.05) is 19.8 Å². The van der Waals surface area contributed by atoms with E-state index in [2.05, 4.69) is 52.9 Å². The van der Waals surface area contributed by atoms with E-state index < -0.39 is 8.32 Å². The molecule has 0 radical (unpaired) electrons. The quantitative estimate of drug-likeness (QED) is 0.101. The molecule has 0 aliphatic carbocycles. The number of unbranched alkanes of at least 4 members (excludes halogenated alkanes) is 7. The van der Waals surface area contributed by atoms with Gasteiger partial charge in [-0.15, -0.1) is 0 Å². The Bertz CT molecular complexity index is 654. The standard InChI is InChI=1S/C30H54O4Si/c1-7-8-9-10-11-12-13-17-20-29(31)33-23-21-28(22-24-34-35(5,6)30(2,3)4)26-32-25-27-18-15-14-16-19-27/h14-16,18-19,28H,7-13,17,20-26H2,1-6H3. The molecule has 0 fully saturated rings. The van der Waals surface area contributed by atoms with Crippen molar-refractivity contribution in [2.45, 2.75) is 123 Å². The fourth-order valence-electron chi connectivity index (χ4n) is 3.74. The molecule has 35 heavy (non-hydrogen) atoms. The molecule has 1 atom stereocenters. The first-order chi connectivity index (χ1) is 16.7. The predicted octanol–water partition coefficient (Wildman–Crippen LogP) is 8.70. The smallest absolute Gasteiger partial charge is 0.305 e. The van der Waals surface area contributed by atoms with Gasteiger partial charge in [0.25, 0.3) is 0 Å². The number of rotatable bonds is 20. The number of carbonyl (C=O) groups excluding carboxylic acids is 1. The number of esters is 1. The molecule has 202 valence electrons. The molecule has 0 heterocycles. The second-order valence-electron chi connectivity index (χ2n) is 11.5. The second-order valence-corrected chi connectivity index (χ2v) is 16.3. The van der Waals surface area contributed by atoms with Gasteiger partial charge in [0.1, 0.15) is 0 Å². The molecule has 1 aromatic rings. The summed E-state index contributed by atoms with van der Waals surface area (Å²) in [6, 6.07) is 10.3. The van der Waals surface area contributed by atoms with Crippen LogP contribution in [0.2, 0.25) is 18.1 Å². The van der Waals surface area contributed by atoms with Gasteiger partial charge >= 0.3 is 5.97 Å². The van der Waals surface area contributed by atoms with E-state index in [9.17, 15) is 4.79 Å². The minimum absolute atomic E-state index is 0.0579. The lowest BCUT2D eigenvalue weighted by atomic mass is 10.0. The zero-order valence-corrected chi connectivity index (χ0v) is 24.7. The van der Waals surface area contributed by atoms with Crippen LogP contribution in [0.25, 0.3) is 0 Å². The van der Waals surface area contributed by atoms with Crippen molar-refractivity contribution in [3.05, 3.63) is 35.9 Å². The van der Waals surface area contributed by atoms with Gasteiger partial charge in [-0.2, -0.15) is 0 Å². The van der Waals surface area contributed by atoms with E-state index >= 15 is 0 Å². The molecule has 0 aliphatic rings. The molecule has 1 aromatic carbocycles. The maximum Gasteiger partial charge on any atom is 0.305 e. The number of ether oxygens (including phenoxy) is 2. The minimum atomic E-state index is -1.76. The molecule has 0 spiro atoms. The van der Waals surface area contributed by atoms with Gasteiger partial charge in [0.2, 0.25) is 0 Å². The SMILES string of the molecule is CCCCCCCCCCC(=O)OCCC(CCO[Si](C)(C)C(C)(C)C)COCc1ccccc1. The molecule has 5 heteroatoms. The molecule has 0 aliphatic heterocycles. The first kappa shape index (κ1) is 31.9. The van der Waals surface area contributed by atoms with Crippen LogP contribution in [0, 0.1) is 5.92 Å². The third-order valence-corrected chi connectivity index (χ3v) is 11.8. The van der Waals surface area contributed by atoms with Gasteiger partial charge in [0.15, 0.2) is 8.32 Å². The molecule has 0 aromatic heterocycles. The van der Waals surface area contributed by atoms with Crippen LogP contribution in [-0.4, -0.2) is 34.1 Å². The van der Waals surface area contributed by atoms with Crippen LogP contribution in [0.3, 0.4) is 0 Å². The van der Waals surface area contributed by atoms with E-state index in [1.807, 2.05) is 18.2 Å². The van der Waals surface area contributed by atoms with E-state index in [0.29, 0.717) is 32.2 Å². The molecule has 0 N–H and O–H groups in total. The fourth-order valence-corrected chi connectivity index (χ4v) is 4.80. The van der Waals surface area contributed by atoms with Crippen molar-refractivity contribution in [3.63, 3.8) is 0 Å². The van der Waals surface area contributed by atoms with Crippen LogP contribution >= 0.6 is 0 Å². The fraction of sp³-hybridized carbons (Fsp3) is 0.767. The molecule has 0 amide bonds. The second kappa shape index (κ2) is 18.1. The molecule has 4 nitrogen and oxygen atoms in total. The lowest BCUT2D eigenvalue weighted by molar-refractivity contribution is -0.144. The number of benzene rings is 1. The highest BCUT2D eigenvalue weighted by atomic mass is 28.4. The molecule has 0 bridgehead atoms. The third kappa shape index (κ3) is 15.5. The summed E-state index contributed by atoms with van der Waals surface area (Å²) in [6.07, 6.45) is 12.2. The zero-order chi connectivity index (χ0) is 26.0. The Hall–Kier alpha value is -1.17. The first-order valence-corrected chi connectivity index (χ1v) is 17.0. The van der Waals surface area contributed by atoms with Crippen molar-refractivity contribution in [1.82, 2.24) is 0 Å². The van der Waals surface area contributed by atoms with Crippen LogP contribution in [0.5, 0.6) is 0 Å². The largest absolute Gasteiger partial charge is 0.466 e. The third-order valence-electron chi connectivity index (χ3n) is 7.28. The monoisotopic (exact) mass is 506 g/mol. The maximum absolute atomic E-state index is 12.2. The van der Waals surface area contributed by atoms with Gasteiger partial charge < -0.3 is 13.9 Å². The Morgan fingerprint density at radius 1 is 0.886 bits per heavy atom. The number of hydrogen-bond acceptors (Lipinski definition) is 4. The van der Waals surface area contributed by atoms with Crippen molar-refractivity contribution in [2.24, 2.45) is 5.92 Å². The van der Waals surface area contributed by atoms with Crippen LogP contribution in [-0.2, 0) is 25.3 Å². The van der Waals surface area contributed by atoms with Crippen LogP contribution in [0.15, 0.2) is 30.3 Å². The highest BCUT2D eigenvalue weighted by molar-refractivity contribution is 6.74. The predicted molar refractivity (Wildman–Crippen MR) is 150 cm³/mol. The van der Waals surface area contributed by atoms with Gasteiger partial charge in [-0.3, -0.25) is 4.79 Å². The highest BCUT2D eigenvalue weighted by Gasteiger charge is 2.37. The molecular weight excluding hydrogens is 452 g/mol.